The van der Waals surface area contributed by atoms with Crippen molar-refractivity contribution < 1.29 is 14.0 Å². The lowest BCUT2D eigenvalue weighted by Gasteiger charge is -2.06. The molecule has 0 spiro atoms. The number of benzene rings is 1. The molecule has 0 aliphatic rings. The molecule has 0 aliphatic heterocycles. The van der Waals surface area contributed by atoms with Crippen molar-refractivity contribution in [1.82, 2.24) is 15.4 Å². The Morgan fingerprint density at radius 1 is 1.05 bits per heavy atom. The smallest absolute Gasteiger partial charge is 0.185 e. The summed E-state index contributed by atoms with van der Waals surface area (Å²) in [6.45, 7) is 0. The predicted octanol–water partition coefficient (Wildman–Crippen LogP) is 2.75. The van der Waals surface area contributed by atoms with Gasteiger partial charge in [0.15, 0.2) is 5.76 Å². The summed E-state index contributed by atoms with van der Waals surface area (Å²) >= 11 is 0. The molecular formula is C14H13N3O3. The van der Waals surface area contributed by atoms with Gasteiger partial charge in [0.1, 0.15) is 22.9 Å². The number of hydrogen-bond acceptors (Lipinski definition) is 5. The molecule has 0 atom stereocenters. The molecule has 0 fully saturated rings. The van der Waals surface area contributed by atoms with Crippen LogP contribution >= 0.6 is 0 Å². The zero-order valence-electron chi connectivity index (χ0n) is 11.1. The maximum absolute atomic E-state index is 5.31. The first kappa shape index (κ1) is 12.3. The van der Waals surface area contributed by atoms with E-state index >= 15 is 0 Å². The summed E-state index contributed by atoms with van der Waals surface area (Å²) in [5.41, 5.74) is 2.33. The van der Waals surface area contributed by atoms with Crippen LogP contribution < -0.4 is 9.47 Å². The van der Waals surface area contributed by atoms with E-state index in [-0.39, 0.29) is 0 Å². The van der Waals surface area contributed by atoms with Gasteiger partial charge in [-0.05, 0) is 18.2 Å². The number of ether oxygens (including phenoxy) is 2. The van der Waals surface area contributed by atoms with Gasteiger partial charge in [0.2, 0.25) is 0 Å². The Balaban J connectivity index is 2.00. The fraction of sp³-hybridized carbons (Fsp3) is 0.143. The largest absolute Gasteiger partial charge is 0.497 e. The Morgan fingerprint density at radius 2 is 1.80 bits per heavy atom. The molecule has 0 amide bonds. The van der Waals surface area contributed by atoms with Gasteiger partial charge in [-0.2, -0.15) is 5.10 Å². The molecule has 1 aromatic carbocycles. The highest BCUT2D eigenvalue weighted by Gasteiger charge is 2.11. The molecular weight excluding hydrogens is 258 g/mol. The van der Waals surface area contributed by atoms with Crippen LogP contribution in [0.4, 0.5) is 0 Å². The Bertz CT molecular complexity index is 682. The average Bonchev–Trinajstić information content (AvgIpc) is 3.17. The molecule has 6 nitrogen and oxygen atoms in total. The number of aromatic nitrogens is 3. The van der Waals surface area contributed by atoms with Gasteiger partial charge < -0.3 is 14.0 Å². The van der Waals surface area contributed by atoms with E-state index in [1.54, 1.807) is 26.5 Å². The maximum Gasteiger partial charge on any atom is 0.185 e. The number of nitrogens with one attached hydrogen (secondary N) is 1. The zero-order chi connectivity index (χ0) is 13.9. The van der Waals surface area contributed by atoms with E-state index < -0.39 is 0 Å². The molecule has 2 heterocycles. The van der Waals surface area contributed by atoms with E-state index in [1.165, 1.54) is 0 Å². The van der Waals surface area contributed by atoms with Gasteiger partial charge in [-0.15, -0.1) is 0 Å². The van der Waals surface area contributed by atoms with Crippen molar-refractivity contribution in [3.05, 3.63) is 36.5 Å². The standard InChI is InChI=1S/C14H13N3O3/c1-18-10-5-9(6-11(7-10)19-2)13-8-14(20-17-13)12-3-4-15-16-12/h3-8H,1-2H3,(H,15,16). The van der Waals surface area contributed by atoms with E-state index in [4.69, 9.17) is 14.0 Å². The van der Waals surface area contributed by atoms with Crippen LogP contribution in [-0.4, -0.2) is 29.6 Å². The summed E-state index contributed by atoms with van der Waals surface area (Å²) in [5, 5.41) is 10.8. The molecule has 102 valence electrons. The zero-order valence-corrected chi connectivity index (χ0v) is 11.1. The number of rotatable bonds is 4. The van der Waals surface area contributed by atoms with Crippen LogP contribution in [0.1, 0.15) is 0 Å². The Kier molecular flexibility index (Phi) is 3.12. The number of nitrogens with zero attached hydrogens (tertiary/aromatic N) is 2. The van der Waals surface area contributed by atoms with Crippen molar-refractivity contribution in [3.8, 4) is 34.2 Å². The molecule has 6 heteroatoms. The molecule has 2 aromatic heterocycles. The molecule has 0 radical (unpaired) electrons. The maximum atomic E-state index is 5.31. The number of methoxy groups -OCH3 is 2. The Morgan fingerprint density at radius 3 is 2.40 bits per heavy atom. The predicted molar refractivity (Wildman–Crippen MR) is 72.6 cm³/mol. The van der Waals surface area contributed by atoms with Gasteiger partial charge in [0.05, 0.1) is 14.2 Å². The third-order valence-corrected chi connectivity index (χ3v) is 2.92. The van der Waals surface area contributed by atoms with Crippen molar-refractivity contribution in [2.45, 2.75) is 0 Å². The lowest BCUT2D eigenvalue weighted by atomic mass is 10.1. The van der Waals surface area contributed by atoms with Crippen LogP contribution in [0.5, 0.6) is 11.5 Å². The van der Waals surface area contributed by atoms with Gasteiger partial charge >= 0.3 is 0 Å². The van der Waals surface area contributed by atoms with Gasteiger partial charge in [-0.25, -0.2) is 0 Å². The fourth-order valence-corrected chi connectivity index (χ4v) is 1.89. The summed E-state index contributed by atoms with van der Waals surface area (Å²) < 4.78 is 15.8. The first-order chi connectivity index (χ1) is 9.80. The normalized spacial score (nSPS) is 10.5. The lowest BCUT2D eigenvalue weighted by Crippen LogP contribution is -1.88. The SMILES string of the molecule is COc1cc(OC)cc(-c2cc(-c3ccn[nH]3)on2)c1. The van der Waals surface area contributed by atoms with E-state index in [9.17, 15) is 0 Å². The highest BCUT2D eigenvalue weighted by molar-refractivity contribution is 5.67. The molecule has 20 heavy (non-hydrogen) atoms. The van der Waals surface area contributed by atoms with Gasteiger partial charge in [0.25, 0.3) is 0 Å². The number of hydrogen-bond donors (Lipinski definition) is 1. The van der Waals surface area contributed by atoms with E-state index in [2.05, 4.69) is 15.4 Å². The average molecular weight is 271 g/mol. The Hall–Kier alpha value is -2.76. The van der Waals surface area contributed by atoms with E-state index in [0.29, 0.717) is 23.0 Å². The summed E-state index contributed by atoms with van der Waals surface area (Å²) in [5.74, 6) is 2.02. The molecule has 3 rings (SSSR count). The van der Waals surface area contributed by atoms with Gasteiger partial charge in [-0.3, -0.25) is 5.10 Å². The summed E-state index contributed by atoms with van der Waals surface area (Å²) in [6, 6.07) is 9.20. The minimum Gasteiger partial charge on any atom is -0.497 e. The van der Waals surface area contributed by atoms with Crippen molar-refractivity contribution in [1.29, 1.82) is 0 Å². The van der Waals surface area contributed by atoms with E-state index in [1.807, 2.05) is 24.3 Å². The van der Waals surface area contributed by atoms with Crippen molar-refractivity contribution in [2.24, 2.45) is 0 Å². The van der Waals surface area contributed by atoms with Crippen LogP contribution in [0, 0.1) is 0 Å². The first-order valence-corrected chi connectivity index (χ1v) is 6.00. The minimum absolute atomic E-state index is 0.624. The quantitative estimate of drug-likeness (QED) is 0.789. The second-order valence-corrected chi connectivity index (χ2v) is 4.15. The first-order valence-electron chi connectivity index (χ1n) is 6.00. The number of aromatic amines is 1. The highest BCUT2D eigenvalue weighted by Crippen LogP contribution is 2.31. The molecule has 0 aliphatic carbocycles. The highest BCUT2D eigenvalue weighted by atomic mass is 16.5. The second-order valence-electron chi connectivity index (χ2n) is 4.15. The molecule has 0 bridgehead atoms. The van der Waals surface area contributed by atoms with Crippen LogP contribution in [0.25, 0.3) is 22.7 Å². The monoisotopic (exact) mass is 271 g/mol. The Labute approximate surface area is 115 Å². The summed E-state index contributed by atoms with van der Waals surface area (Å²) in [6.07, 6.45) is 1.66. The summed E-state index contributed by atoms with van der Waals surface area (Å²) in [4.78, 5) is 0. The van der Waals surface area contributed by atoms with Crippen LogP contribution in [-0.2, 0) is 0 Å². The van der Waals surface area contributed by atoms with Crippen molar-refractivity contribution >= 4 is 0 Å². The van der Waals surface area contributed by atoms with Crippen molar-refractivity contribution in [3.63, 3.8) is 0 Å². The third-order valence-electron chi connectivity index (χ3n) is 2.92. The molecule has 3 aromatic rings. The second kappa shape index (κ2) is 5.08. The molecule has 1 N–H and O–H groups in total. The van der Waals surface area contributed by atoms with Gasteiger partial charge in [-0.1, -0.05) is 5.16 Å². The lowest BCUT2D eigenvalue weighted by molar-refractivity contribution is 0.394. The summed E-state index contributed by atoms with van der Waals surface area (Å²) in [7, 11) is 3.22. The fourth-order valence-electron chi connectivity index (χ4n) is 1.89. The topological polar surface area (TPSA) is 73.2 Å². The minimum atomic E-state index is 0.624. The molecule has 0 unspecified atom stereocenters. The molecule has 0 saturated carbocycles. The van der Waals surface area contributed by atoms with E-state index in [0.717, 1.165) is 11.3 Å². The number of H-pyrrole nitrogens is 1. The van der Waals surface area contributed by atoms with Gasteiger partial charge in [0, 0.05) is 23.9 Å². The molecule has 0 saturated heterocycles. The third kappa shape index (κ3) is 2.23. The van der Waals surface area contributed by atoms with Crippen molar-refractivity contribution in [2.75, 3.05) is 14.2 Å². The van der Waals surface area contributed by atoms with Crippen LogP contribution in [0.2, 0.25) is 0 Å². The van der Waals surface area contributed by atoms with Crippen LogP contribution in [0.3, 0.4) is 0 Å². The van der Waals surface area contributed by atoms with Crippen LogP contribution in [0.15, 0.2) is 41.1 Å².